The maximum Gasteiger partial charge on any atom is 0.137 e. The van der Waals surface area contributed by atoms with Gasteiger partial charge in [0.2, 0.25) is 0 Å². The van der Waals surface area contributed by atoms with Crippen molar-refractivity contribution in [3.05, 3.63) is 17.0 Å². The van der Waals surface area contributed by atoms with Gasteiger partial charge in [-0.1, -0.05) is 38.3 Å². The molecule has 2 unspecified atom stereocenters. The van der Waals surface area contributed by atoms with Crippen LogP contribution in [-0.4, -0.2) is 16.0 Å². The fraction of sp³-hybridized carbons (Fsp3) is 0.692. The summed E-state index contributed by atoms with van der Waals surface area (Å²) in [6.07, 6.45) is 7.59. The fourth-order valence-corrected chi connectivity index (χ4v) is 2.80. The molecule has 1 aliphatic carbocycles. The van der Waals surface area contributed by atoms with Gasteiger partial charge in [0.25, 0.3) is 0 Å². The third-order valence-corrected chi connectivity index (χ3v) is 4.01. The molecule has 0 spiro atoms. The Kier molecular flexibility index (Phi) is 4.21. The van der Waals surface area contributed by atoms with Gasteiger partial charge in [-0.15, -0.1) is 0 Å². The van der Waals surface area contributed by atoms with Gasteiger partial charge >= 0.3 is 0 Å². The SMILES string of the molecule is CCc1c(Cl)ncnc1NC1CCCCC1C. The lowest BCUT2D eigenvalue weighted by Gasteiger charge is -2.30. The molecule has 0 aromatic carbocycles. The number of rotatable bonds is 3. The highest BCUT2D eigenvalue weighted by molar-refractivity contribution is 6.30. The quantitative estimate of drug-likeness (QED) is 0.835. The second kappa shape index (κ2) is 5.67. The molecular formula is C13H20ClN3. The minimum Gasteiger partial charge on any atom is -0.367 e. The zero-order valence-electron chi connectivity index (χ0n) is 10.5. The van der Waals surface area contributed by atoms with E-state index in [1.165, 1.54) is 32.0 Å². The van der Waals surface area contributed by atoms with E-state index >= 15 is 0 Å². The predicted molar refractivity (Wildman–Crippen MR) is 71.5 cm³/mol. The molecular weight excluding hydrogens is 234 g/mol. The molecule has 0 aliphatic heterocycles. The Morgan fingerprint density at radius 1 is 1.35 bits per heavy atom. The van der Waals surface area contributed by atoms with Crippen molar-refractivity contribution < 1.29 is 0 Å². The first-order valence-corrected chi connectivity index (χ1v) is 6.86. The van der Waals surface area contributed by atoms with Gasteiger partial charge in [-0.05, 0) is 25.2 Å². The average Bonchev–Trinajstić information content (AvgIpc) is 2.32. The van der Waals surface area contributed by atoms with Crippen LogP contribution in [0, 0.1) is 5.92 Å². The van der Waals surface area contributed by atoms with Crippen molar-refractivity contribution in [3.63, 3.8) is 0 Å². The minimum absolute atomic E-state index is 0.528. The molecule has 94 valence electrons. The van der Waals surface area contributed by atoms with Crippen molar-refractivity contribution in [1.29, 1.82) is 0 Å². The van der Waals surface area contributed by atoms with Gasteiger partial charge in [-0.25, -0.2) is 9.97 Å². The normalized spacial score (nSPS) is 24.6. The smallest absolute Gasteiger partial charge is 0.137 e. The van der Waals surface area contributed by atoms with Crippen LogP contribution in [0.3, 0.4) is 0 Å². The van der Waals surface area contributed by atoms with Crippen molar-refractivity contribution in [2.75, 3.05) is 5.32 Å². The van der Waals surface area contributed by atoms with E-state index in [1.54, 1.807) is 0 Å². The van der Waals surface area contributed by atoms with E-state index in [-0.39, 0.29) is 0 Å². The molecule has 1 aliphatic rings. The maximum absolute atomic E-state index is 6.09. The summed E-state index contributed by atoms with van der Waals surface area (Å²) in [6, 6.07) is 0.528. The monoisotopic (exact) mass is 253 g/mol. The van der Waals surface area contributed by atoms with Crippen molar-refractivity contribution in [3.8, 4) is 0 Å². The van der Waals surface area contributed by atoms with Crippen molar-refractivity contribution in [1.82, 2.24) is 9.97 Å². The van der Waals surface area contributed by atoms with Gasteiger partial charge in [-0.3, -0.25) is 0 Å². The molecule has 17 heavy (non-hydrogen) atoms. The van der Waals surface area contributed by atoms with Crippen molar-refractivity contribution in [2.45, 2.75) is 52.0 Å². The zero-order chi connectivity index (χ0) is 12.3. The molecule has 0 saturated heterocycles. The van der Waals surface area contributed by atoms with Crippen LogP contribution in [0.15, 0.2) is 6.33 Å². The molecule has 0 bridgehead atoms. The first kappa shape index (κ1) is 12.6. The van der Waals surface area contributed by atoms with E-state index in [1.807, 2.05) is 0 Å². The molecule has 1 heterocycles. The van der Waals surface area contributed by atoms with Crippen LogP contribution in [-0.2, 0) is 6.42 Å². The lowest BCUT2D eigenvalue weighted by Crippen LogP contribution is -2.31. The van der Waals surface area contributed by atoms with Crippen LogP contribution in [0.5, 0.6) is 0 Å². The van der Waals surface area contributed by atoms with Crippen molar-refractivity contribution in [2.24, 2.45) is 5.92 Å². The van der Waals surface area contributed by atoms with E-state index in [0.29, 0.717) is 17.1 Å². The standard InChI is InChI=1S/C13H20ClN3/c1-3-10-12(14)15-8-16-13(10)17-11-7-5-4-6-9(11)2/h8-9,11H,3-7H2,1-2H3,(H,15,16,17). The Balaban J connectivity index is 2.14. The van der Waals surface area contributed by atoms with Gasteiger partial charge in [-0.2, -0.15) is 0 Å². The van der Waals surface area contributed by atoms with Crippen LogP contribution < -0.4 is 5.32 Å². The predicted octanol–water partition coefficient (Wildman–Crippen LogP) is 3.68. The molecule has 3 nitrogen and oxygen atoms in total. The van der Waals surface area contributed by atoms with Crippen LogP contribution >= 0.6 is 11.6 Å². The van der Waals surface area contributed by atoms with Gasteiger partial charge in [0, 0.05) is 11.6 Å². The number of nitrogens with zero attached hydrogens (tertiary/aromatic N) is 2. The molecule has 2 rings (SSSR count). The van der Waals surface area contributed by atoms with Crippen LogP contribution in [0.1, 0.15) is 45.1 Å². The summed E-state index contributed by atoms with van der Waals surface area (Å²) in [6.45, 7) is 4.39. The first-order valence-electron chi connectivity index (χ1n) is 6.48. The Labute approximate surface area is 108 Å². The average molecular weight is 254 g/mol. The Hall–Kier alpha value is -0.830. The Bertz CT molecular complexity index is 381. The van der Waals surface area contributed by atoms with Gasteiger partial charge in [0.05, 0.1) is 0 Å². The molecule has 1 fully saturated rings. The van der Waals surface area contributed by atoms with Crippen molar-refractivity contribution >= 4 is 17.4 Å². The third-order valence-electron chi connectivity index (χ3n) is 3.68. The number of hydrogen-bond donors (Lipinski definition) is 1. The largest absolute Gasteiger partial charge is 0.367 e. The molecule has 0 amide bonds. The summed E-state index contributed by atoms with van der Waals surface area (Å²) < 4.78 is 0. The van der Waals surface area contributed by atoms with Crippen LogP contribution in [0.25, 0.3) is 0 Å². The summed E-state index contributed by atoms with van der Waals surface area (Å²) in [5.74, 6) is 1.63. The van der Waals surface area contributed by atoms with Gasteiger partial charge < -0.3 is 5.32 Å². The van der Waals surface area contributed by atoms with Gasteiger partial charge in [0.15, 0.2) is 0 Å². The molecule has 1 aromatic heterocycles. The topological polar surface area (TPSA) is 37.8 Å². The third kappa shape index (κ3) is 2.89. The summed E-state index contributed by atoms with van der Waals surface area (Å²) in [7, 11) is 0. The lowest BCUT2D eigenvalue weighted by atomic mass is 9.86. The number of halogens is 1. The van der Waals surface area contributed by atoms with Gasteiger partial charge in [0.1, 0.15) is 17.3 Å². The second-order valence-electron chi connectivity index (χ2n) is 4.86. The summed E-state index contributed by atoms with van der Waals surface area (Å²) in [5.41, 5.74) is 1.03. The Morgan fingerprint density at radius 3 is 2.82 bits per heavy atom. The molecule has 1 N–H and O–H groups in total. The summed E-state index contributed by atoms with van der Waals surface area (Å²) in [4.78, 5) is 8.37. The molecule has 1 saturated carbocycles. The minimum atomic E-state index is 0.528. The molecule has 2 atom stereocenters. The molecule has 1 aromatic rings. The number of aromatic nitrogens is 2. The molecule has 0 radical (unpaired) electrons. The summed E-state index contributed by atoms with van der Waals surface area (Å²) >= 11 is 6.09. The lowest BCUT2D eigenvalue weighted by molar-refractivity contribution is 0.349. The van der Waals surface area contributed by atoms with E-state index in [4.69, 9.17) is 11.6 Å². The second-order valence-corrected chi connectivity index (χ2v) is 5.22. The van der Waals surface area contributed by atoms with E-state index < -0.39 is 0 Å². The van der Waals surface area contributed by atoms with Crippen LogP contribution in [0.4, 0.5) is 5.82 Å². The number of anilines is 1. The highest BCUT2D eigenvalue weighted by atomic mass is 35.5. The fourth-order valence-electron chi connectivity index (χ4n) is 2.53. The maximum atomic E-state index is 6.09. The summed E-state index contributed by atoms with van der Waals surface area (Å²) in [5, 5.41) is 4.13. The van der Waals surface area contributed by atoms with Crippen LogP contribution in [0.2, 0.25) is 5.15 Å². The first-order chi connectivity index (χ1) is 8.22. The number of nitrogens with one attached hydrogen (secondary N) is 1. The van der Waals surface area contributed by atoms with E-state index in [9.17, 15) is 0 Å². The highest BCUT2D eigenvalue weighted by Crippen LogP contribution is 2.28. The van der Waals surface area contributed by atoms with E-state index in [0.717, 1.165) is 17.8 Å². The van der Waals surface area contributed by atoms with E-state index in [2.05, 4.69) is 29.1 Å². The zero-order valence-corrected chi connectivity index (χ0v) is 11.3. The highest BCUT2D eigenvalue weighted by Gasteiger charge is 2.22. The Morgan fingerprint density at radius 2 is 2.12 bits per heavy atom. The molecule has 4 heteroatoms. The number of hydrogen-bond acceptors (Lipinski definition) is 3.